The molecule has 106 valence electrons. The van der Waals surface area contributed by atoms with Crippen LogP contribution in [0.3, 0.4) is 0 Å². The van der Waals surface area contributed by atoms with Crippen LogP contribution in [0.1, 0.15) is 44.6 Å². The Morgan fingerprint density at radius 1 is 1.25 bits per heavy atom. The first-order chi connectivity index (χ1) is 9.75. The zero-order valence-electron chi connectivity index (χ0n) is 12.3. The van der Waals surface area contributed by atoms with E-state index >= 15 is 0 Å². The maximum atomic E-state index is 11.4. The molecule has 1 fully saturated rings. The van der Waals surface area contributed by atoms with Crippen molar-refractivity contribution in [1.29, 1.82) is 0 Å². The predicted octanol–water partition coefficient (Wildman–Crippen LogP) is 3.26. The van der Waals surface area contributed by atoms with E-state index in [1.807, 2.05) is 30.3 Å². The van der Waals surface area contributed by atoms with Crippen LogP contribution in [0.15, 0.2) is 30.3 Å². The quantitative estimate of drug-likeness (QED) is 0.785. The number of hydrogen-bond donors (Lipinski definition) is 0. The Morgan fingerprint density at radius 3 is 2.80 bits per heavy atom. The van der Waals surface area contributed by atoms with Crippen LogP contribution in [0.4, 0.5) is 0 Å². The minimum absolute atomic E-state index is 0.290. The summed E-state index contributed by atoms with van der Waals surface area (Å²) < 4.78 is 0. The first-order valence-electron chi connectivity index (χ1n) is 7.53. The van der Waals surface area contributed by atoms with Crippen LogP contribution in [0.5, 0.6) is 0 Å². The van der Waals surface area contributed by atoms with Gasteiger partial charge in [0.25, 0.3) is 0 Å². The van der Waals surface area contributed by atoms with Crippen molar-refractivity contribution in [3.05, 3.63) is 35.9 Å². The second-order valence-electron chi connectivity index (χ2n) is 5.55. The molecule has 20 heavy (non-hydrogen) atoms. The fourth-order valence-corrected chi connectivity index (χ4v) is 2.77. The monoisotopic (exact) mass is 269 g/mol. The molecular formula is C18H23NO. The van der Waals surface area contributed by atoms with Crippen LogP contribution >= 0.6 is 0 Å². The summed E-state index contributed by atoms with van der Waals surface area (Å²) in [5.74, 6) is 6.77. The van der Waals surface area contributed by atoms with Crippen molar-refractivity contribution in [3.8, 4) is 11.8 Å². The number of nitrogens with zero attached hydrogens (tertiary/aromatic N) is 1. The molecule has 0 amide bonds. The van der Waals surface area contributed by atoms with Crippen molar-refractivity contribution in [2.45, 2.75) is 45.1 Å². The van der Waals surface area contributed by atoms with Gasteiger partial charge in [-0.1, -0.05) is 42.9 Å². The summed E-state index contributed by atoms with van der Waals surface area (Å²) in [6, 6.07) is 10.5. The molecule has 0 saturated carbocycles. The van der Waals surface area contributed by atoms with E-state index in [9.17, 15) is 4.79 Å². The van der Waals surface area contributed by atoms with Gasteiger partial charge in [-0.3, -0.25) is 9.69 Å². The molecule has 0 aromatic heterocycles. The minimum atomic E-state index is 0.290. The van der Waals surface area contributed by atoms with Gasteiger partial charge < -0.3 is 0 Å². The lowest BCUT2D eigenvalue weighted by Crippen LogP contribution is -2.36. The highest BCUT2D eigenvalue weighted by Crippen LogP contribution is 2.19. The van der Waals surface area contributed by atoms with E-state index in [-0.39, 0.29) is 5.78 Å². The van der Waals surface area contributed by atoms with Gasteiger partial charge in [0.2, 0.25) is 0 Å². The molecule has 1 atom stereocenters. The lowest BCUT2D eigenvalue weighted by atomic mass is 10.0. The summed E-state index contributed by atoms with van der Waals surface area (Å²) >= 11 is 0. The summed E-state index contributed by atoms with van der Waals surface area (Å²) in [5, 5.41) is 0. The maximum absolute atomic E-state index is 11.4. The van der Waals surface area contributed by atoms with Gasteiger partial charge in [-0.25, -0.2) is 0 Å². The molecular weight excluding hydrogens is 246 g/mol. The predicted molar refractivity (Wildman–Crippen MR) is 82.4 cm³/mol. The Hall–Kier alpha value is -1.59. The van der Waals surface area contributed by atoms with Crippen LogP contribution in [0.25, 0.3) is 0 Å². The number of hydrogen-bond acceptors (Lipinski definition) is 2. The van der Waals surface area contributed by atoms with Crippen molar-refractivity contribution < 1.29 is 4.79 Å². The van der Waals surface area contributed by atoms with Crippen LogP contribution in [-0.2, 0) is 4.79 Å². The molecule has 1 aliphatic rings. The molecule has 0 radical (unpaired) electrons. The smallest absolute Gasteiger partial charge is 0.131 e. The van der Waals surface area contributed by atoms with Gasteiger partial charge in [-0.2, -0.15) is 0 Å². The molecule has 0 spiro atoms. The van der Waals surface area contributed by atoms with E-state index < -0.39 is 0 Å². The standard InChI is InChI=1S/C18H23NO/c1-16(20)15-18-12-6-3-7-13-19(18)14-8-11-17-9-4-2-5-10-17/h2,4-5,9-10,18H,3,6-7,12-15H2,1H3. The number of carbonyl (C=O) groups excluding carboxylic acids is 1. The molecule has 0 aliphatic carbocycles. The fraction of sp³-hybridized carbons (Fsp3) is 0.500. The second kappa shape index (κ2) is 7.87. The van der Waals surface area contributed by atoms with Crippen molar-refractivity contribution in [2.24, 2.45) is 0 Å². The summed E-state index contributed by atoms with van der Waals surface area (Å²) in [4.78, 5) is 13.8. The highest BCUT2D eigenvalue weighted by atomic mass is 16.1. The number of ketones is 1. The summed E-state index contributed by atoms with van der Waals surface area (Å²) in [6.07, 6.45) is 5.54. The zero-order valence-corrected chi connectivity index (χ0v) is 12.3. The molecule has 1 aromatic carbocycles. The molecule has 2 rings (SSSR count). The largest absolute Gasteiger partial charge is 0.300 e. The number of Topliss-reactive ketones (excluding diaryl/α,β-unsaturated/α-hetero) is 1. The lowest BCUT2D eigenvalue weighted by Gasteiger charge is -2.27. The van der Waals surface area contributed by atoms with E-state index in [1.54, 1.807) is 6.92 Å². The van der Waals surface area contributed by atoms with Gasteiger partial charge >= 0.3 is 0 Å². The third-order valence-electron chi connectivity index (χ3n) is 3.81. The number of carbonyl (C=O) groups is 1. The van der Waals surface area contributed by atoms with Crippen molar-refractivity contribution >= 4 is 5.78 Å². The lowest BCUT2D eigenvalue weighted by molar-refractivity contribution is -0.118. The van der Waals surface area contributed by atoms with Crippen LogP contribution in [-0.4, -0.2) is 29.8 Å². The minimum Gasteiger partial charge on any atom is -0.300 e. The highest BCUT2D eigenvalue weighted by molar-refractivity contribution is 5.76. The van der Waals surface area contributed by atoms with Gasteiger partial charge in [0.15, 0.2) is 0 Å². The fourth-order valence-electron chi connectivity index (χ4n) is 2.77. The van der Waals surface area contributed by atoms with E-state index in [0.717, 1.165) is 25.1 Å². The molecule has 1 aliphatic heterocycles. The summed E-state index contributed by atoms with van der Waals surface area (Å²) in [5.41, 5.74) is 1.06. The average Bonchev–Trinajstić information content (AvgIpc) is 2.65. The Bertz CT molecular complexity index is 483. The molecule has 1 heterocycles. The average molecular weight is 269 g/mol. The van der Waals surface area contributed by atoms with E-state index in [0.29, 0.717) is 12.5 Å². The Morgan fingerprint density at radius 2 is 2.05 bits per heavy atom. The molecule has 1 unspecified atom stereocenters. The third-order valence-corrected chi connectivity index (χ3v) is 3.81. The second-order valence-corrected chi connectivity index (χ2v) is 5.55. The molecule has 0 bridgehead atoms. The van der Waals surface area contributed by atoms with Crippen molar-refractivity contribution in [1.82, 2.24) is 4.90 Å². The van der Waals surface area contributed by atoms with Crippen LogP contribution in [0, 0.1) is 11.8 Å². The third kappa shape index (κ3) is 4.83. The molecule has 0 N–H and O–H groups in total. The molecule has 1 saturated heterocycles. The first-order valence-corrected chi connectivity index (χ1v) is 7.53. The Labute approximate surface area is 122 Å². The van der Waals surface area contributed by atoms with Gasteiger partial charge in [-0.05, 0) is 38.4 Å². The molecule has 2 nitrogen and oxygen atoms in total. The van der Waals surface area contributed by atoms with Gasteiger partial charge in [0.1, 0.15) is 5.78 Å². The first kappa shape index (κ1) is 14.8. The van der Waals surface area contributed by atoms with Gasteiger partial charge in [0, 0.05) is 18.0 Å². The molecule has 2 heteroatoms. The SMILES string of the molecule is CC(=O)CC1CCCCCN1CC#Cc1ccccc1. The van der Waals surface area contributed by atoms with Crippen LogP contribution < -0.4 is 0 Å². The van der Waals surface area contributed by atoms with E-state index in [2.05, 4.69) is 16.7 Å². The Balaban J connectivity index is 1.97. The summed E-state index contributed by atoms with van der Waals surface area (Å²) in [7, 11) is 0. The van der Waals surface area contributed by atoms with Crippen molar-refractivity contribution in [3.63, 3.8) is 0 Å². The highest BCUT2D eigenvalue weighted by Gasteiger charge is 2.21. The van der Waals surface area contributed by atoms with Gasteiger partial charge in [-0.15, -0.1) is 0 Å². The number of likely N-dealkylation sites (tertiary alicyclic amines) is 1. The Kier molecular flexibility index (Phi) is 5.83. The van der Waals surface area contributed by atoms with Gasteiger partial charge in [0.05, 0.1) is 6.54 Å². The van der Waals surface area contributed by atoms with E-state index in [4.69, 9.17) is 0 Å². The van der Waals surface area contributed by atoms with Crippen LogP contribution in [0.2, 0.25) is 0 Å². The zero-order chi connectivity index (χ0) is 14.2. The number of benzene rings is 1. The molecule has 1 aromatic rings. The topological polar surface area (TPSA) is 20.3 Å². The summed E-state index contributed by atoms with van der Waals surface area (Å²) in [6.45, 7) is 3.53. The van der Waals surface area contributed by atoms with E-state index in [1.165, 1.54) is 19.3 Å². The normalized spacial score (nSPS) is 19.8. The maximum Gasteiger partial charge on any atom is 0.131 e. The van der Waals surface area contributed by atoms with Crippen molar-refractivity contribution in [2.75, 3.05) is 13.1 Å². The number of rotatable bonds is 3.